The van der Waals surface area contributed by atoms with Crippen LogP contribution in [-0.4, -0.2) is 48.4 Å². The van der Waals surface area contributed by atoms with Crippen molar-refractivity contribution in [2.24, 2.45) is 0 Å². The van der Waals surface area contributed by atoms with Crippen LogP contribution in [0.5, 0.6) is 0 Å². The van der Waals surface area contributed by atoms with Crippen LogP contribution in [0.15, 0.2) is 0 Å². The van der Waals surface area contributed by atoms with Crippen molar-refractivity contribution in [3.63, 3.8) is 0 Å². The molecule has 1 atom stereocenters. The lowest BCUT2D eigenvalue weighted by molar-refractivity contribution is -0.136. The maximum atomic E-state index is 10.6. The second kappa shape index (κ2) is 5.63. The Labute approximate surface area is 86.4 Å². The Kier molecular flexibility index (Phi) is 5.19. The third-order valence-electron chi connectivity index (χ3n) is 1.25. The summed E-state index contributed by atoms with van der Waals surface area (Å²) in [5, 5.41) is 12.7. The molecule has 0 aromatic carbocycles. The number of amides is 1. The first-order valence-electron chi connectivity index (χ1n) is 3.88. The molecule has 0 aliphatic heterocycles. The van der Waals surface area contributed by atoms with Crippen molar-refractivity contribution in [1.82, 2.24) is 10.6 Å². The topological polar surface area (TPSA) is 133 Å². The van der Waals surface area contributed by atoms with Gasteiger partial charge in [0.05, 0.1) is 12.7 Å². The first kappa shape index (κ1) is 13.8. The molecule has 9 heteroatoms. The third kappa shape index (κ3) is 9.12. The van der Waals surface area contributed by atoms with Gasteiger partial charge in [-0.25, -0.2) is 0 Å². The van der Waals surface area contributed by atoms with E-state index >= 15 is 0 Å². The van der Waals surface area contributed by atoms with Crippen molar-refractivity contribution in [2.45, 2.75) is 13.1 Å². The fraction of sp³-hybridized carbons (Fsp3) is 0.667. The van der Waals surface area contributed by atoms with Gasteiger partial charge in [-0.2, -0.15) is 8.42 Å². The third-order valence-corrected chi connectivity index (χ3v) is 2.01. The van der Waals surface area contributed by atoms with Gasteiger partial charge in [-0.1, -0.05) is 0 Å². The van der Waals surface area contributed by atoms with Gasteiger partial charge < -0.3 is 10.4 Å². The minimum absolute atomic E-state index is 0.527. The molecule has 0 rings (SSSR count). The number of rotatable bonds is 6. The van der Waals surface area contributed by atoms with E-state index < -0.39 is 40.5 Å². The average Bonchev–Trinajstić information content (AvgIpc) is 1.95. The highest BCUT2D eigenvalue weighted by atomic mass is 32.2. The van der Waals surface area contributed by atoms with E-state index in [0.29, 0.717) is 0 Å². The number of nitrogens with one attached hydrogen (secondary N) is 2. The van der Waals surface area contributed by atoms with E-state index in [2.05, 4.69) is 10.6 Å². The predicted octanol–water partition coefficient (Wildman–Crippen LogP) is -1.99. The van der Waals surface area contributed by atoms with Gasteiger partial charge in [0.15, 0.2) is 0 Å². The first-order valence-corrected chi connectivity index (χ1v) is 5.49. The quantitative estimate of drug-likeness (QED) is 0.312. The highest BCUT2D eigenvalue weighted by molar-refractivity contribution is 7.85. The summed E-state index contributed by atoms with van der Waals surface area (Å²) in [6.45, 7) is 0.611. The van der Waals surface area contributed by atoms with Crippen molar-refractivity contribution in [3.8, 4) is 0 Å². The zero-order valence-corrected chi connectivity index (χ0v) is 8.74. The standard InChI is InChI=1S/C6H12N2O6S/c1-4(9)8-5(3-15(12,13)14)7-2-6(10)11/h5,7H,2-3H2,1H3,(H,8,9)(H,10,11)(H,12,13,14). The number of hydrogen-bond donors (Lipinski definition) is 4. The van der Waals surface area contributed by atoms with E-state index in [-0.39, 0.29) is 0 Å². The van der Waals surface area contributed by atoms with Crippen LogP contribution in [0.2, 0.25) is 0 Å². The molecule has 0 bridgehead atoms. The van der Waals surface area contributed by atoms with E-state index in [0.717, 1.165) is 6.92 Å². The van der Waals surface area contributed by atoms with Crippen LogP contribution in [0.4, 0.5) is 0 Å². The van der Waals surface area contributed by atoms with Gasteiger partial charge in [0, 0.05) is 6.92 Å². The molecule has 0 heterocycles. The largest absolute Gasteiger partial charge is 0.480 e. The summed E-state index contributed by atoms with van der Waals surface area (Å²) in [4.78, 5) is 20.8. The molecule has 88 valence electrons. The van der Waals surface area contributed by atoms with Crippen LogP contribution < -0.4 is 10.6 Å². The fourth-order valence-corrected chi connectivity index (χ4v) is 1.44. The lowest BCUT2D eigenvalue weighted by atomic mass is 10.5. The normalized spacial score (nSPS) is 13.2. The van der Waals surface area contributed by atoms with E-state index in [1.807, 2.05) is 0 Å². The summed E-state index contributed by atoms with van der Waals surface area (Å²) in [7, 11) is -4.29. The van der Waals surface area contributed by atoms with Crippen LogP contribution >= 0.6 is 0 Å². The Morgan fingerprint density at radius 3 is 2.27 bits per heavy atom. The average molecular weight is 240 g/mol. The Balaban J connectivity index is 4.31. The van der Waals surface area contributed by atoms with Gasteiger partial charge in [0.1, 0.15) is 5.75 Å². The summed E-state index contributed by atoms with van der Waals surface area (Å²) < 4.78 is 29.5. The second-order valence-electron chi connectivity index (χ2n) is 2.78. The van der Waals surface area contributed by atoms with Crippen molar-refractivity contribution in [3.05, 3.63) is 0 Å². The molecule has 0 saturated heterocycles. The maximum absolute atomic E-state index is 10.6. The molecule has 1 amide bonds. The zero-order valence-electron chi connectivity index (χ0n) is 7.93. The molecule has 4 N–H and O–H groups in total. The van der Waals surface area contributed by atoms with Crippen LogP contribution in [0.1, 0.15) is 6.92 Å². The first-order chi connectivity index (χ1) is 6.70. The second-order valence-corrected chi connectivity index (χ2v) is 4.27. The van der Waals surface area contributed by atoms with Crippen LogP contribution in [0, 0.1) is 0 Å². The minimum atomic E-state index is -4.29. The number of aliphatic carboxylic acids is 1. The maximum Gasteiger partial charge on any atom is 0.317 e. The number of carboxylic acids is 1. The van der Waals surface area contributed by atoms with E-state index in [1.54, 1.807) is 0 Å². The molecular formula is C6H12N2O6S. The lowest BCUT2D eigenvalue weighted by Crippen LogP contribution is -2.50. The number of carbonyl (C=O) groups is 2. The summed E-state index contributed by atoms with van der Waals surface area (Å²) in [6, 6.07) is 0. The molecular weight excluding hydrogens is 228 g/mol. The highest BCUT2D eigenvalue weighted by Crippen LogP contribution is 1.87. The van der Waals surface area contributed by atoms with Crippen molar-refractivity contribution < 1.29 is 27.7 Å². The number of carboxylic acid groups (broad SMARTS) is 1. The molecule has 1 unspecified atom stereocenters. The Hall–Kier alpha value is -1.19. The van der Waals surface area contributed by atoms with Crippen LogP contribution in [0.25, 0.3) is 0 Å². The molecule has 0 saturated carbocycles. The summed E-state index contributed by atoms with van der Waals surface area (Å²) >= 11 is 0. The molecule has 0 fully saturated rings. The number of hydrogen-bond acceptors (Lipinski definition) is 5. The Bertz CT molecular complexity index is 338. The smallest absolute Gasteiger partial charge is 0.317 e. The summed E-state index contributed by atoms with van der Waals surface area (Å²) in [5.41, 5.74) is 0. The Morgan fingerprint density at radius 2 is 1.93 bits per heavy atom. The summed E-state index contributed by atoms with van der Waals surface area (Å²) in [5.74, 6) is -2.54. The monoisotopic (exact) mass is 240 g/mol. The van der Waals surface area contributed by atoms with Gasteiger partial charge >= 0.3 is 5.97 Å². The van der Waals surface area contributed by atoms with Crippen molar-refractivity contribution in [2.75, 3.05) is 12.3 Å². The highest BCUT2D eigenvalue weighted by Gasteiger charge is 2.17. The van der Waals surface area contributed by atoms with Gasteiger partial charge in [-0.05, 0) is 0 Å². The fourth-order valence-electron chi connectivity index (χ4n) is 0.818. The molecule has 8 nitrogen and oxygen atoms in total. The van der Waals surface area contributed by atoms with Gasteiger partial charge in [0.2, 0.25) is 5.91 Å². The van der Waals surface area contributed by atoms with E-state index in [4.69, 9.17) is 9.66 Å². The van der Waals surface area contributed by atoms with Crippen LogP contribution in [0.3, 0.4) is 0 Å². The molecule has 0 radical (unpaired) electrons. The SMILES string of the molecule is CC(=O)NC(CS(=O)(=O)O)NCC(=O)O. The number of carbonyl (C=O) groups excluding carboxylic acids is 1. The summed E-state index contributed by atoms with van der Waals surface area (Å²) in [6.07, 6.45) is -1.13. The molecule has 0 aliphatic carbocycles. The molecule has 0 aliphatic rings. The van der Waals surface area contributed by atoms with Crippen molar-refractivity contribution in [1.29, 1.82) is 0 Å². The zero-order chi connectivity index (χ0) is 12.1. The predicted molar refractivity (Wildman–Crippen MR) is 49.7 cm³/mol. The molecule has 0 aromatic rings. The molecule has 0 spiro atoms. The minimum Gasteiger partial charge on any atom is -0.480 e. The lowest BCUT2D eigenvalue weighted by Gasteiger charge is -2.16. The molecule has 0 aromatic heterocycles. The van der Waals surface area contributed by atoms with Crippen molar-refractivity contribution >= 4 is 22.0 Å². The van der Waals surface area contributed by atoms with E-state index in [1.165, 1.54) is 0 Å². The van der Waals surface area contributed by atoms with Gasteiger partial charge in [-0.3, -0.25) is 19.5 Å². The Morgan fingerprint density at radius 1 is 1.40 bits per heavy atom. The molecule has 15 heavy (non-hydrogen) atoms. The van der Waals surface area contributed by atoms with Gasteiger partial charge in [0.25, 0.3) is 10.1 Å². The van der Waals surface area contributed by atoms with E-state index in [9.17, 15) is 18.0 Å². The van der Waals surface area contributed by atoms with Crippen LogP contribution in [-0.2, 0) is 19.7 Å². The van der Waals surface area contributed by atoms with Gasteiger partial charge in [-0.15, -0.1) is 0 Å².